The van der Waals surface area contributed by atoms with Crippen molar-refractivity contribution in [2.75, 3.05) is 13.2 Å². The first-order valence-electron chi connectivity index (χ1n) is 7.50. The van der Waals surface area contributed by atoms with Crippen LogP contribution in [-0.2, 0) is 19.1 Å². The van der Waals surface area contributed by atoms with Crippen molar-refractivity contribution in [2.45, 2.75) is 33.1 Å². The average Bonchev–Trinajstić information content (AvgIpc) is 3.01. The Balaban J connectivity index is 1.92. The summed E-state index contributed by atoms with van der Waals surface area (Å²) in [6.07, 6.45) is 2.60. The minimum Gasteiger partial charge on any atom is -0.461 e. The second-order valence-corrected chi connectivity index (χ2v) is 6.58. The molecule has 2 bridgehead atoms. The molecule has 0 radical (unpaired) electrons. The predicted molar refractivity (Wildman–Crippen MR) is 79.4 cm³/mol. The molecular weight excluding hydrogens is 268 g/mol. The van der Waals surface area contributed by atoms with E-state index in [0.29, 0.717) is 5.92 Å². The molecule has 0 aromatic heterocycles. The van der Waals surface area contributed by atoms with Crippen molar-refractivity contribution in [3.63, 3.8) is 0 Å². The van der Waals surface area contributed by atoms with Crippen molar-refractivity contribution >= 4 is 11.9 Å². The van der Waals surface area contributed by atoms with Gasteiger partial charge in [0.15, 0.2) is 0 Å². The Morgan fingerprint density at radius 1 is 0.905 bits per heavy atom. The molecule has 4 heteroatoms. The molecule has 0 heterocycles. The number of carbonyl (C=O) groups is 2. The largest absolute Gasteiger partial charge is 0.461 e. The molecule has 2 aliphatic rings. The fourth-order valence-corrected chi connectivity index (χ4v) is 3.50. The zero-order chi connectivity index (χ0) is 15.6. The molecule has 2 saturated carbocycles. The molecule has 0 spiro atoms. The normalized spacial score (nSPS) is 30.0. The average molecular weight is 292 g/mol. The van der Waals surface area contributed by atoms with E-state index in [9.17, 15) is 9.59 Å². The Morgan fingerprint density at radius 2 is 1.33 bits per heavy atom. The maximum atomic E-state index is 12.1. The van der Waals surface area contributed by atoms with Gasteiger partial charge < -0.3 is 9.47 Å². The van der Waals surface area contributed by atoms with Gasteiger partial charge in [-0.05, 0) is 56.1 Å². The van der Waals surface area contributed by atoms with Crippen LogP contribution < -0.4 is 0 Å². The van der Waals surface area contributed by atoms with Crippen LogP contribution in [0.5, 0.6) is 0 Å². The Labute approximate surface area is 126 Å². The van der Waals surface area contributed by atoms with Crippen LogP contribution >= 0.6 is 0 Å². The van der Waals surface area contributed by atoms with E-state index in [-0.39, 0.29) is 42.9 Å². The predicted octanol–water partition coefficient (Wildman–Crippen LogP) is 2.89. The van der Waals surface area contributed by atoms with Gasteiger partial charge in [-0.3, -0.25) is 9.59 Å². The van der Waals surface area contributed by atoms with Gasteiger partial charge in [-0.1, -0.05) is 13.2 Å². The molecule has 0 amide bonds. The summed E-state index contributed by atoms with van der Waals surface area (Å²) in [5, 5.41) is 0. The lowest BCUT2D eigenvalue weighted by atomic mass is 9.80. The number of ether oxygens (including phenoxy) is 2. The Kier molecular flexibility index (Phi) is 4.86. The van der Waals surface area contributed by atoms with E-state index in [1.807, 2.05) is 13.8 Å². The number of fused-ring (bicyclic) bond motifs is 2. The zero-order valence-electron chi connectivity index (χ0n) is 12.9. The summed E-state index contributed by atoms with van der Waals surface area (Å²) in [7, 11) is 0. The number of esters is 2. The van der Waals surface area contributed by atoms with Crippen LogP contribution in [0.4, 0.5) is 0 Å². The first-order chi connectivity index (χ1) is 9.88. The highest BCUT2D eigenvalue weighted by molar-refractivity contribution is 5.78. The van der Waals surface area contributed by atoms with Crippen molar-refractivity contribution < 1.29 is 19.1 Å². The topological polar surface area (TPSA) is 52.6 Å². The number of rotatable bonds is 6. The van der Waals surface area contributed by atoms with Crippen LogP contribution in [0.1, 0.15) is 33.1 Å². The molecule has 2 rings (SSSR count). The summed E-state index contributed by atoms with van der Waals surface area (Å²) in [6.45, 7) is 11.6. The molecule has 2 fully saturated rings. The van der Waals surface area contributed by atoms with Gasteiger partial charge in [0.05, 0.1) is 11.8 Å². The van der Waals surface area contributed by atoms with Crippen molar-refractivity contribution in [3.8, 4) is 0 Å². The van der Waals surface area contributed by atoms with Gasteiger partial charge in [0.2, 0.25) is 0 Å². The minimum absolute atomic E-state index is 0.0743. The van der Waals surface area contributed by atoms with Gasteiger partial charge in [0, 0.05) is 0 Å². The third kappa shape index (κ3) is 3.74. The fourth-order valence-electron chi connectivity index (χ4n) is 3.50. The summed E-state index contributed by atoms with van der Waals surface area (Å²) in [5.74, 6) is -0.188. The van der Waals surface area contributed by atoms with E-state index in [1.54, 1.807) is 0 Å². The smallest absolute Gasteiger partial charge is 0.309 e. The van der Waals surface area contributed by atoms with Gasteiger partial charge in [0.25, 0.3) is 0 Å². The fraction of sp³-hybridized carbons (Fsp3) is 0.647. The van der Waals surface area contributed by atoms with Crippen LogP contribution in [0.3, 0.4) is 0 Å². The van der Waals surface area contributed by atoms with Gasteiger partial charge in [-0.15, -0.1) is 0 Å². The molecule has 0 aromatic carbocycles. The van der Waals surface area contributed by atoms with Crippen LogP contribution in [0, 0.1) is 23.7 Å². The summed E-state index contributed by atoms with van der Waals surface area (Å²) in [6, 6.07) is 0. The van der Waals surface area contributed by atoms with Crippen LogP contribution in [0.2, 0.25) is 0 Å². The molecule has 0 aliphatic heterocycles. The molecule has 4 nitrogen and oxygen atoms in total. The first kappa shape index (κ1) is 15.8. The number of hydrogen-bond donors (Lipinski definition) is 0. The molecule has 2 atom stereocenters. The SMILES string of the molecule is C=C(C)COC(=O)C1CC2CC(C(=O)OCC(=C)C)C1C2. The number of carbonyl (C=O) groups excluding carboxylic acids is 2. The molecule has 0 aromatic rings. The summed E-state index contributed by atoms with van der Waals surface area (Å²) < 4.78 is 10.5. The lowest BCUT2D eigenvalue weighted by Crippen LogP contribution is -2.33. The van der Waals surface area contributed by atoms with E-state index in [0.717, 1.165) is 30.4 Å². The lowest BCUT2D eigenvalue weighted by molar-refractivity contribution is -0.155. The molecule has 21 heavy (non-hydrogen) atoms. The van der Waals surface area contributed by atoms with Crippen molar-refractivity contribution in [1.82, 2.24) is 0 Å². The molecule has 0 saturated heterocycles. The monoisotopic (exact) mass is 292 g/mol. The van der Waals surface area contributed by atoms with E-state index in [2.05, 4.69) is 13.2 Å². The second-order valence-electron chi connectivity index (χ2n) is 6.58. The van der Waals surface area contributed by atoms with Crippen LogP contribution in [-0.4, -0.2) is 25.2 Å². The third-order valence-corrected chi connectivity index (χ3v) is 4.34. The standard InChI is InChI=1S/C17H24O4/c1-10(2)8-20-16(18)14-6-12-5-13(14)15(7-12)17(19)21-9-11(3)4/h12-15H,1,3,5-9H2,2,4H3. The quantitative estimate of drug-likeness (QED) is 0.558. The summed E-state index contributed by atoms with van der Waals surface area (Å²) >= 11 is 0. The summed E-state index contributed by atoms with van der Waals surface area (Å²) in [4.78, 5) is 24.3. The van der Waals surface area contributed by atoms with E-state index in [4.69, 9.17) is 9.47 Å². The Morgan fingerprint density at radius 3 is 1.67 bits per heavy atom. The van der Waals surface area contributed by atoms with Crippen molar-refractivity contribution in [1.29, 1.82) is 0 Å². The highest BCUT2D eigenvalue weighted by atomic mass is 16.5. The van der Waals surface area contributed by atoms with Gasteiger partial charge in [0.1, 0.15) is 13.2 Å². The molecule has 2 aliphatic carbocycles. The first-order valence-corrected chi connectivity index (χ1v) is 7.50. The lowest BCUT2D eigenvalue weighted by Gasteiger charge is -2.26. The van der Waals surface area contributed by atoms with Crippen molar-refractivity contribution in [2.24, 2.45) is 23.7 Å². The number of hydrogen-bond acceptors (Lipinski definition) is 4. The molecule has 116 valence electrons. The molecular formula is C17H24O4. The van der Waals surface area contributed by atoms with E-state index >= 15 is 0 Å². The van der Waals surface area contributed by atoms with Gasteiger partial charge in [-0.2, -0.15) is 0 Å². The molecule has 2 unspecified atom stereocenters. The Hall–Kier alpha value is -1.58. The van der Waals surface area contributed by atoms with Crippen LogP contribution in [0.25, 0.3) is 0 Å². The highest BCUT2D eigenvalue weighted by Crippen LogP contribution is 2.52. The summed E-state index contributed by atoms with van der Waals surface area (Å²) in [5.41, 5.74) is 1.65. The van der Waals surface area contributed by atoms with Gasteiger partial charge >= 0.3 is 11.9 Å². The zero-order valence-corrected chi connectivity index (χ0v) is 12.9. The van der Waals surface area contributed by atoms with Crippen LogP contribution in [0.15, 0.2) is 24.3 Å². The van der Waals surface area contributed by atoms with E-state index < -0.39 is 0 Å². The maximum Gasteiger partial charge on any atom is 0.309 e. The maximum absolute atomic E-state index is 12.1. The van der Waals surface area contributed by atoms with E-state index in [1.165, 1.54) is 0 Å². The van der Waals surface area contributed by atoms with Crippen molar-refractivity contribution in [3.05, 3.63) is 24.3 Å². The minimum atomic E-state index is -0.192. The second kappa shape index (κ2) is 6.46. The molecule has 0 N–H and O–H groups in total. The Bertz CT molecular complexity index is 425. The van der Waals surface area contributed by atoms with Gasteiger partial charge in [-0.25, -0.2) is 0 Å². The third-order valence-electron chi connectivity index (χ3n) is 4.34. The highest BCUT2D eigenvalue weighted by Gasteiger charge is 2.52.